The summed E-state index contributed by atoms with van der Waals surface area (Å²) in [6.45, 7) is 0. The average Bonchev–Trinajstić information content (AvgIpc) is 3.06. The number of rotatable bonds is 8. The van der Waals surface area contributed by atoms with E-state index in [0.29, 0.717) is 0 Å². The first kappa shape index (κ1) is 28.2. The average molecular weight is 696 g/mol. The van der Waals surface area contributed by atoms with Gasteiger partial charge in [-0.1, -0.05) is 0 Å². The topological polar surface area (TPSA) is 9.23 Å². The van der Waals surface area contributed by atoms with Crippen LogP contribution in [0.1, 0.15) is 0 Å². The molecule has 0 bridgehead atoms. The number of benzene rings is 6. The van der Waals surface area contributed by atoms with E-state index >= 15 is 0 Å². The maximum absolute atomic E-state index is 7.03. The minimum absolute atomic E-state index is 0.868. The SMILES string of the molecule is [Se]=P(c1ccccc1)(c1ccccc1)c1ccccc1Oc1ccccc1P(=[Se])(c1ccccc1)c1ccccc1. The molecule has 0 aliphatic heterocycles. The second-order valence-corrected chi connectivity index (χ2v) is 22.0. The maximum atomic E-state index is 7.03. The van der Waals surface area contributed by atoms with E-state index in [0.717, 1.165) is 11.5 Å². The van der Waals surface area contributed by atoms with Gasteiger partial charge in [-0.05, 0) is 0 Å². The number of para-hydroxylation sites is 2. The van der Waals surface area contributed by atoms with Crippen LogP contribution in [0.25, 0.3) is 0 Å². The Bertz CT molecular complexity index is 1630. The summed E-state index contributed by atoms with van der Waals surface area (Å²) in [5, 5.41) is 7.44. The van der Waals surface area contributed by atoms with Gasteiger partial charge in [-0.15, -0.1) is 0 Å². The van der Waals surface area contributed by atoms with Crippen LogP contribution in [0.3, 0.4) is 0 Å². The number of ether oxygens (including phenoxy) is 1. The molecule has 0 amide bonds. The molecule has 0 aromatic heterocycles. The van der Waals surface area contributed by atoms with E-state index in [4.69, 9.17) is 4.74 Å². The fourth-order valence-corrected chi connectivity index (χ4v) is 15.6. The first-order chi connectivity index (χ1) is 20.1. The van der Waals surface area contributed by atoms with Gasteiger partial charge in [-0.2, -0.15) is 0 Å². The molecule has 1 nitrogen and oxygen atoms in total. The fraction of sp³-hybridized carbons (Fsp3) is 0. The van der Waals surface area contributed by atoms with Crippen LogP contribution in [0.5, 0.6) is 11.5 Å². The standard InChI is InChI=1S/C36H28OP2Se2/c40-38(29-17-5-1-6-18-29,30-19-7-2-8-20-30)35-27-15-13-25-33(35)37-34-26-14-16-28-36(34)39(41,31-21-9-3-10-22-31)32-23-11-4-12-24-32/h1-28H. The Morgan fingerprint density at radius 1 is 0.317 bits per heavy atom. The van der Waals surface area contributed by atoms with Crippen LogP contribution in [0.4, 0.5) is 0 Å². The molecule has 0 atom stereocenters. The van der Waals surface area contributed by atoms with E-state index in [9.17, 15) is 0 Å². The first-order valence-electron chi connectivity index (χ1n) is 13.4. The fourth-order valence-electron chi connectivity index (χ4n) is 5.13. The Kier molecular flexibility index (Phi) is 8.57. The predicted octanol–water partition coefficient (Wildman–Crippen LogP) is 6.23. The van der Waals surface area contributed by atoms with Gasteiger partial charge >= 0.3 is 259 Å². The van der Waals surface area contributed by atoms with Gasteiger partial charge in [0.1, 0.15) is 0 Å². The summed E-state index contributed by atoms with van der Waals surface area (Å²) in [6, 6.07) is 60.1. The molecule has 0 spiro atoms. The van der Waals surface area contributed by atoms with Crippen molar-refractivity contribution in [2.75, 3.05) is 0 Å². The van der Waals surface area contributed by atoms with Crippen LogP contribution >= 0.6 is 11.0 Å². The van der Waals surface area contributed by atoms with Crippen molar-refractivity contribution in [3.63, 3.8) is 0 Å². The molecule has 0 fully saturated rings. The van der Waals surface area contributed by atoms with Crippen LogP contribution in [0, 0.1) is 0 Å². The summed E-state index contributed by atoms with van der Waals surface area (Å²) < 4.78 is 7.03. The van der Waals surface area contributed by atoms with Gasteiger partial charge in [0.05, 0.1) is 0 Å². The molecule has 0 heterocycles. The van der Waals surface area contributed by atoms with Crippen molar-refractivity contribution in [1.29, 1.82) is 0 Å². The zero-order valence-electron chi connectivity index (χ0n) is 22.3. The molecule has 5 heteroatoms. The molecule has 0 N–H and O–H groups in total. The molecule has 0 unspecified atom stereocenters. The number of hydrogen-bond acceptors (Lipinski definition) is 1. The Morgan fingerprint density at radius 3 is 0.854 bits per heavy atom. The first-order valence-corrected chi connectivity index (χ1v) is 21.4. The Hall–Kier alpha value is -2.98. The van der Waals surface area contributed by atoms with Crippen molar-refractivity contribution >= 4 is 73.0 Å². The van der Waals surface area contributed by atoms with Crippen LogP contribution in [0.15, 0.2) is 170 Å². The molecule has 6 rings (SSSR count). The molecule has 0 aliphatic rings. The zero-order valence-corrected chi connectivity index (χ0v) is 27.5. The van der Waals surface area contributed by atoms with Crippen molar-refractivity contribution < 1.29 is 4.74 Å². The van der Waals surface area contributed by atoms with Gasteiger partial charge in [0.15, 0.2) is 0 Å². The van der Waals surface area contributed by atoms with Crippen molar-refractivity contribution in [3.8, 4) is 11.5 Å². The van der Waals surface area contributed by atoms with E-state index in [1.165, 1.54) is 31.8 Å². The van der Waals surface area contributed by atoms with Crippen LogP contribution in [-0.4, -0.2) is 30.2 Å². The summed E-state index contributed by atoms with van der Waals surface area (Å²) in [7, 11) is 0. The molecular formula is C36H28OP2Se2. The molecule has 0 saturated heterocycles. The van der Waals surface area contributed by atoms with Gasteiger partial charge in [-0.25, -0.2) is 0 Å². The monoisotopic (exact) mass is 698 g/mol. The van der Waals surface area contributed by atoms with Crippen molar-refractivity contribution in [3.05, 3.63) is 170 Å². The number of hydrogen-bond donors (Lipinski definition) is 0. The van der Waals surface area contributed by atoms with Crippen molar-refractivity contribution in [2.24, 2.45) is 0 Å². The summed E-state index contributed by atoms with van der Waals surface area (Å²) in [4.78, 5) is 0. The van der Waals surface area contributed by atoms with Crippen LogP contribution in [0.2, 0.25) is 0 Å². The summed E-state index contributed by atoms with van der Waals surface area (Å²) in [6.07, 6.45) is 0. The zero-order chi connectivity index (χ0) is 28.1. The van der Waals surface area contributed by atoms with E-state index in [1.807, 2.05) is 0 Å². The van der Waals surface area contributed by atoms with Gasteiger partial charge in [0, 0.05) is 0 Å². The van der Waals surface area contributed by atoms with Gasteiger partial charge in [0.2, 0.25) is 0 Å². The molecule has 41 heavy (non-hydrogen) atoms. The quantitative estimate of drug-likeness (QED) is 0.136. The third kappa shape index (κ3) is 5.48. The molecule has 0 radical (unpaired) electrons. The van der Waals surface area contributed by atoms with E-state index in [1.54, 1.807) is 0 Å². The van der Waals surface area contributed by atoms with Crippen LogP contribution in [-0.2, 0) is 0 Å². The third-order valence-corrected chi connectivity index (χ3v) is 21.1. The Labute approximate surface area is 257 Å². The molecular weight excluding hydrogens is 668 g/mol. The van der Waals surface area contributed by atoms with Crippen LogP contribution < -0.4 is 36.6 Å². The van der Waals surface area contributed by atoms with E-state index < -0.39 is 11.0 Å². The summed E-state index contributed by atoms with van der Waals surface area (Å²) in [5.41, 5.74) is -4.24. The van der Waals surface area contributed by atoms with Gasteiger partial charge in [0.25, 0.3) is 0 Å². The third-order valence-electron chi connectivity index (χ3n) is 7.11. The molecule has 200 valence electrons. The van der Waals surface area contributed by atoms with E-state index in [-0.39, 0.29) is 0 Å². The van der Waals surface area contributed by atoms with E-state index in [2.05, 4.69) is 200 Å². The second kappa shape index (κ2) is 12.5. The normalized spacial score (nSPS) is 11.6. The molecule has 0 saturated carbocycles. The summed E-state index contributed by atoms with van der Waals surface area (Å²) in [5.74, 6) is 1.74. The summed E-state index contributed by atoms with van der Waals surface area (Å²) >= 11 is 7.39. The molecule has 6 aromatic carbocycles. The van der Waals surface area contributed by atoms with Crippen molar-refractivity contribution in [2.45, 2.75) is 0 Å². The Morgan fingerprint density at radius 2 is 0.561 bits per heavy atom. The van der Waals surface area contributed by atoms with Gasteiger partial charge < -0.3 is 0 Å². The van der Waals surface area contributed by atoms with Crippen molar-refractivity contribution in [1.82, 2.24) is 0 Å². The van der Waals surface area contributed by atoms with Gasteiger partial charge in [-0.3, -0.25) is 0 Å². The Balaban J connectivity index is 1.54. The molecule has 6 aromatic rings. The molecule has 0 aliphatic carbocycles. The minimum atomic E-state index is -2.12. The second-order valence-electron chi connectivity index (χ2n) is 9.60. The predicted molar refractivity (Wildman–Crippen MR) is 182 cm³/mol.